The predicted molar refractivity (Wildman–Crippen MR) is 217 cm³/mol. The van der Waals surface area contributed by atoms with Gasteiger partial charge in [-0.3, -0.25) is 4.79 Å². The summed E-state index contributed by atoms with van der Waals surface area (Å²) in [6.45, 7) is 8.96. The molecule has 4 aliphatic heterocycles. The smallest absolute Gasteiger partial charge is 0.407 e. The van der Waals surface area contributed by atoms with Gasteiger partial charge in [0.15, 0.2) is 9.84 Å². The number of ether oxygens (including phenoxy) is 1. The highest BCUT2D eigenvalue weighted by Gasteiger charge is 2.53. The van der Waals surface area contributed by atoms with E-state index in [2.05, 4.69) is 26.1 Å². The number of rotatable bonds is 14. The number of methoxy groups -OCH3 is 1. The van der Waals surface area contributed by atoms with Crippen molar-refractivity contribution >= 4 is 27.5 Å². The lowest BCUT2D eigenvalue weighted by molar-refractivity contribution is -0.129. The third-order valence-electron chi connectivity index (χ3n) is 13.4. The SMILES string of the molecule is COC(=O)NC1CCCC1C(CN1CCCC1)(c1cccc(F)c1)C1CCN(CC2CN(c3ccc(S(=O)(=O)C4CN(C(=O)C=CCN(C)C)C4)cc3)C2)CC1. The van der Waals surface area contributed by atoms with Gasteiger partial charge >= 0.3 is 6.09 Å². The molecule has 3 atom stereocenters. The van der Waals surface area contributed by atoms with Gasteiger partial charge in [-0.15, -0.1) is 0 Å². The second-order valence-corrected chi connectivity index (χ2v) is 19.5. The Hall–Kier alpha value is -3.52. The minimum absolute atomic E-state index is 0.0126. The zero-order valence-corrected chi connectivity index (χ0v) is 34.3. The van der Waals surface area contributed by atoms with Crippen LogP contribution in [0.4, 0.5) is 14.9 Å². The molecule has 0 bridgehead atoms. The minimum Gasteiger partial charge on any atom is -0.453 e. The van der Waals surface area contributed by atoms with Crippen LogP contribution in [0.1, 0.15) is 50.5 Å². The summed E-state index contributed by atoms with van der Waals surface area (Å²) in [5.41, 5.74) is 1.82. The number of carbonyl (C=O) groups excluding carboxylic acids is 2. The Morgan fingerprint density at radius 1 is 0.929 bits per heavy atom. The highest BCUT2D eigenvalue weighted by atomic mass is 32.2. The quantitative estimate of drug-likeness (QED) is 0.275. The lowest BCUT2D eigenvalue weighted by Crippen LogP contribution is -2.58. The number of benzene rings is 2. The fourth-order valence-corrected chi connectivity index (χ4v) is 12.0. The van der Waals surface area contributed by atoms with Crippen molar-refractivity contribution in [2.24, 2.45) is 17.8 Å². The molecule has 1 aliphatic carbocycles. The number of amides is 2. The molecule has 1 saturated carbocycles. The molecule has 1 N–H and O–H groups in total. The maximum Gasteiger partial charge on any atom is 0.407 e. The Kier molecular flexibility index (Phi) is 12.7. The number of alkyl carbamates (subject to hydrolysis) is 1. The van der Waals surface area contributed by atoms with Crippen LogP contribution in [-0.2, 0) is 24.8 Å². The Morgan fingerprint density at radius 2 is 1.64 bits per heavy atom. The highest BCUT2D eigenvalue weighted by molar-refractivity contribution is 7.92. The summed E-state index contributed by atoms with van der Waals surface area (Å²) in [4.78, 5) is 36.3. The minimum atomic E-state index is -3.52. The van der Waals surface area contributed by atoms with Gasteiger partial charge in [0.2, 0.25) is 5.91 Å². The molecule has 11 nitrogen and oxygen atoms in total. The Labute approximate surface area is 333 Å². The number of hydrogen-bond acceptors (Lipinski definition) is 9. The molecule has 2 aromatic carbocycles. The van der Waals surface area contributed by atoms with Crippen molar-refractivity contribution < 1.29 is 27.1 Å². The van der Waals surface area contributed by atoms with Crippen LogP contribution in [0, 0.1) is 23.6 Å². The van der Waals surface area contributed by atoms with E-state index in [4.69, 9.17) is 4.74 Å². The zero-order chi connectivity index (χ0) is 39.5. The number of likely N-dealkylation sites (N-methyl/N-ethyl adjacent to an activating group) is 1. The first-order valence-electron chi connectivity index (χ1n) is 20.7. The van der Waals surface area contributed by atoms with E-state index in [0.717, 1.165) is 95.7 Å². The van der Waals surface area contributed by atoms with Gasteiger partial charge in [0, 0.05) is 75.0 Å². The fourth-order valence-electron chi connectivity index (χ4n) is 10.4. The van der Waals surface area contributed by atoms with Crippen molar-refractivity contribution in [3.05, 3.63) is 72.1 Å². The first kappa shape index (κ1) is 40.7. The van der Waals surface area contributed by atoms with Crippen LogP contribution in [0.15, 0.2) is 65.6 Å². The summed E-state index contributed by atoms with van der Waals surface area (Å²) in [5.74, 6) is 0.727. The lowest BCUT2D eigenvalue weighted by atomic mass is 9.58. The number of carbonyl (C=O) groups is 2. The second kappa shape index (κ2) is 17.5. The summed E-state index contributed by atoms with van der Waals surface area (Å²) in [6.07, 6.45) is 10.3. The van der Waals surface area contributed by atoms with Gasteiger partial charge in [-0.25, -0.2) is 17.6 Å². The van der Waals surface area contributed by atoms with Crippen LogP contribution in [0.5, 0.6) is 0 Å². The molecule has 2 aromatic rings. The molecule has 5 aliphatic rings. The molecule has 306 valence electrons. The first-order valence-corrected chi connectivity index (χ1v) is 22.2. The number of halogens is 1. The normalized spacial score (nSPS) is 24.4. The molecule has 4 heterocycles. The molecule has 0 radical (unpaired) electrons. The first-order chi connectivity index (χ1) is 27.0. The maximum absolute atomic E-state index is 15.1. The molecular weight excluding hydrogens is 732 g/mol. The van der Waals surface area contributed by atoms with Gasteiger partial charge in [0.25, 0.3) is 0 Å². The number of nitrogens with one attached hydrogen (secondary N) is 1. The van der Waals surface area contributed by atoms with E-state index in [0.29, 0.717) is 23.3 Å². The second-order valence-electron chi connectivity index (χ2n) is 17.2. The topological polar surface area (TPSA) is 106 Å². The van der Waals surface area contributed by atoms with Crippen LogP contribution in [-0.4, -0.2) is 145 Å². The maximum atomic E-state index is 15.1. The van der Waals surface area contributed by atoms with Crippen LogP contribution in [0.3, 0.4) is 0 Å². The number of nitrogens with zero attached hydrogens (tertiary/aromatic N) is 5. The average molecular weight is 793 g/mol. The van der Waals surface area contributed by atoms with E-state index in [-0.39, 0.29) is 48.3 Å². The van der Waals surface area contributed by atoms with E-state index >= 15 is 4.39 Å². The summed E-state index contributed by atoms with van der Waals surface area (Å²) in [7, 11) is 1.76. The van der Waals surface area contributed by atoms with E-state index < -0.39 is 15.1 Å². The van der Waals surface area contributed by atoms with Crippen molar-refractivity contribution in [1.82, 2.24) is 24.9 Å². The van der Waals surface area contributed by atoms with Crippen LogP contribution in [0.25, 0.3) is 0 Å². The Balaban J connectivity index is 0.953. The molecule has 7 rings (SSSR count). The van der Waals surface area contributed by atoms with Gasteiger partial charge < -0.3 is 34.6 Å². The summed E-state index contributed by atoms with van der Waals surface area (Å²) >= 11 is 0. The molecule has 0 spiro atoms. The number of sulfone groups is 1. The van der Waals surface area contributed by atoms with Crippen LogP contribution < -0.4 is 10.2 Å². The lowest BCUT2D eigenvalue weighted by Gasteiger charge is -2.52. The number of piperidine rings is 1. The van der Waals surface area contributed by atoms with E-state index in [1.165, 1.54) is 26.0 Å². The van der Waals surface area contributed by atoms with Crippen molar-refractivity contribution in [1.29, 1.82) is 0 Å². The molecule has 13 heteroatoms. The number of anilines is 1. The van der Waals surface area contributed by atoms with Gasteiger partial charge in [-0.1, -0.05) is 24.6 Å². The number of hydrogen-bond donors (Lipinski definition) is 1. The van der Waals surface area contributed by atoms with Crippen LogP contribution in [0.2, 0.25) is 0 Å². The van der Waals surface area contributed by atoms with E-state index in [1.807, 2.05) is 37.2 Å². The predicted octanol–water partition coefficient (Wildman–Crippen LogP) is 4.63. The number of likely N-dealkylation sites (tertiary alicyclic amines) is 3. The van der Waals surface area contributed by atoms with Crippen molar-refractivity contribution in [3.8, 4) is 0 Å². The molecule has 56 heavy (non-hydrogen) atoms. The van der Waals surface area contributed by atoms with Gasteiger partial charge in [-0.2, -0.15) is 0 Å². The van der Waals surface area contributed by atoms with Crippen molar-refractivity contribution in [2.45, 2.75) is 66.5 Å². The van der Waals surface area contributed by atoms with Crippen molar-refractivity contribution in [2.75, 3.05) is 98.1 Å². The summed E-state index contributed by atoms with van der Waals surface area (Å²) in [6, 6.07) is 14.6. The van der Waals surface area contributed by atoms with Gasteiger partial charge in [0.05, 0.1) is 12.0 Å². The fraction of sp³-hybridized carbons (Fsp3) is 0.628. The standard InChI is InChI=1S/C43H61FN6O5S/c1-46(2)20-8-13-41(51)50-29-38(30-50)56(53,54)37-16-14-36(15-17-37)49-27-32(28-49)26-47-23-18-33(19-24-47)43(31-48-21-4-5-22-48,34-9-6-10-35(44)25-34)39-11-7-12-40(39)45-42(52)55-3/h6,8-10,13-17,25,32-33,38-40H,4-5,7,11-12,18-24,26-31H2,1-3H3,(H,45,52). The molecule has 3 unspecified atom stereocenters. The van der Waals surface area contributed by atoms with Crippen molar-refractivity contribution in [3.63, 3.8) is 0 Å². The van der Waals surface area contributed by atoms with Gasteiger partial charge in [-0.05, 0) is 133 Å². The molecule has 0 aromatic heterocycles. The zero-order valence-electron chi connectivity index (χ0n) is 33.5. The largest absolute Gasteiger partial charge is 0.453 e. The third kappa shape index (κ3) is 8.80. The van der Waals surface area contributed by atoms with Gasteiger partial charge in [0.1, 0.15) is 11.1 Å². The average Bonchev–Trinajstić information content (AvgIpc) is 3.84. The molecule has 5 fully saturated rings. The molecule has 2 amide bonds. The monoisotopic (exact) mass is 792 g/mol. The van der Waals surface area contributed by atoms with Crippen LogP contribution >= 0.6 is 0 Å². The third-order valence-corrected chi connectivity index (χ3v) is 15.5. The Morgan fingerprint density at radius 3 is 2.30 bits per heavy atom. The summed E-state index contributed by atoms with van der Waals surface area (Å²) in [5, 5.41) is 2.62. The summed E-state index contributed by atoms with van der Waals surface area (Å²) < 4.78 is 46.8. The van der Waals surface area contributed by atoms with E-state index in [1.54, 1.807) is 35.2 Å². The molecular formula is C43H61FN6O5S. The highest BCUT2D eigenvalue weighted by Crippen LogP contribution is 2.51. The molecule has 4 saturated heterocycles. The van der Waals surface area contributed by atoms with E-state index in [9.17, 15) is 18.0 Å². The Bertz CT molecular complexity index is 1800.